The first-order chi connectivity index (χ1) is 5.74. The van der Waals surface area contributed by atoms with Crippen molar-refractivity contribution in [3.63, 3.8) is 0 Å². The topological polar surface area (TPSA) is 38.9 Å². The van der Waals surface area contributed by atoms with Crippen LogP contribution in [0, 0.1) is 5.92 Å². The lowest BCUT2D eigenvalue weighted by atomic mass is 10.0. The Bertz CT molecular complexity index is 250. The first-order valence-corrected chi connectivity index (χ1v) is 4.91. The van der Waals surface area contributed by atoms with Gasteiger partial charge in [-0.2, -0.15) is 0 Å². The molecule has 0 fully saturated rings. The summed E-state index contributed by atoms with van der Waals surface area (Å²) >= 11 is 1.64. The van der Waals surface area contributed by atoms with E-state index in [0.717, 1.165) is 0 Å². The van der Waals surface area contributed by atoms with E-state index in [-0.39, 0.29) is 0 Å². The maximum atomic E-state index is 5.61. The lowest BCUT2D eigenvalue weighted by Crippen LogP contribution is -2.07. The molecule has 1 rings (SSSR count). The van der Waals surface area contributed by atoms with E-state index in [2.05, 4.69) is 24.9 Å². The van der Waals surface area contributed by atoms with Crippen molar-refractivity contribution < 1.29 is 0 Å². The van der Waals surface area contributed by atoms with Crippen LogP contribution < -0.4 is 5.73 Å². The van der Waals surface area contributed by atoms with E-state index in [9.17, 15) is 0 Å². The lowest BCUT2D eigenvalue weighted by molar-refractivity contribution is 0.753. The Kier molecular flexibility index (Phi) is 3.44. The molecule has 0 aliphatic carbocycles. The van der Waals surface area contributed by atoms with Crippen molar-refractivity contribution in [3.8, 4) is 0 Å². The number of thiazole rings is 1. The molecule has 1 aromatic heterocycles. The molecule has 1 heterocycles. The Morgan fingerprint density at radius 3 is 2.92 bits per heavy atom. The fourth-order valence-corrected chi connectivity index (χ4v) is 1.53. The Morgan fingerprint density at radius 2 is 2.50 bits per heavy atom. The molecule has 66 valence electrons. The summed E-state index contributed by atoms with van der Waals surface area (Å²) in [7, 11) is 0. The largest absolute Gasteiger partial charge is 0.327 e. The normalized spacial score (nSPS) is 12.5. The molecule has 0 aliphatic rings. The molecule has 1 aromatic rings. The predicted molar refractivity (Wildman–Crippen MR) is 54.0 cm³/mol. The van der Waals surface area contributed by atoms with Crippen LogP contribution in [0.25, 0.3) is 6.08 Å². The zero-order valence-corrected chi connectivity index (χ0v) is 8.27. The maximum Gasteiger partial charge on any atom is 0.0797 e. The average Bonchev–Trinajstić information content (AvgIpc) is 2.51. The molecule has 0 saturated carbocycles. The zero-order valence-electron chi connectivity index (χ0n) is 7.45. The van der Waals surface area contributed by atoms with Crippen molar-refractivity contribution in [1.29, 1.82) is 0 Å². The van der Waals surface area contributed by atoms with Crippen LogP contribution in [0.1, 0.15) is 18.7 Å². The van der Waals surface area contributed by atoms with E-state index in [0.29, 0.717) is 12.5 Å². The summed E-state index contributed by atoms with van der Waals surface area (Å²) in [4.78, 5) is 5.19. The molecule has 0 spiro atoms. The predicted octanol–water partition coefficient (Wildman–Crippen LogP) is 2.14. The van der Waals surface area contributed by atoms with Gasteiger partial charge in [0.1, 0.15) is 0 Å². The molecule has 0 atom stereocenters. The van der Waals surface area contributed by atoms with E-state index in [4.69, 9.17) is 5.73 Å². The van der Waals surface area contributed by atoms with Gasteiger partial charge in [0.05, 0.1) is 5.51 Å². The van der Waals surface area contributed by atoms with Gasteiger partial charge in [-0.05, 0) is 12.0 Å². The first kappa shape index (κ1) is 9.42. The standard InChI is InChI=1S/C9H14N2S/c1-7(2)8(4-10)3-9-5-11-6-12-9/h3,5-7H,4,10H2,1-2H3. The van der Waals surface area contributed by atoms with Gasteiger partial charge in [-0.15, -0.1) is 11.3 Å². The van der Waals surface area contributed by atoms with Crippen molar-refractivity contribution in [3.05, 3.63) is 22.2 Å². The van der Waals surface area contributed by atoms with Gasteiger partial charge in [0.2, 0.25) is 0 Å². The van der Waals surface area contributed by atoms with E-state index < -0.39 is 0 Å². The number of nitrogens with zero attached hydrogens (tertiary/aromatic N) is 1. The van der Waals surface area contributed by atoms with E-state index in [1.54, 1.807) is 11.3 Å². The Balaban J connectivity index is 2.78. The number of hydrogen-bond acceptors (Lipinski definition) is 3. The molecule has 3 heteroatoms. The summed E-state index contributed by atoms with van der Waals surface area (Å²) < 4.78 is 0. The minimum atomic E-state index is 0.525. The monoisotopic (exact) mass is 182 g/mol. The van der Waals surface area contributed by atoms with Gasteiger partial charge in [-0.25, -0.2) is 0 Å². The van der Waals surface area contributed by atoms with Crippen molar-refractivity contribution >= 4 is 17.4 Å². The van der Waals surface area contributed by atoms with Crippen LogP contribution in [0.5, 0.6) is 0 Å². The van der Waals surface area contributed by atoms with Crippen molar-refractivity contribution in [2.24, 2.45) is 11.7 Å². The van der Waals surface area contributed by atoms with Crippen molar-refractivity contribution in [1.82, 2.24) is 4.98 Å². The molecule has 0 radical (unpaired) electrons. The SMILES string of the molecule is CC(C)C(=Cc1cncs1)CN. The molecular formula is C9H14N2S. The summed E-state index contributed by atoms with van der Waals surface area (Å²) in [6.45, 7) is 4.94. The molecule has 0 saturated heterocycles. The van der Waals surface area contributed by atoms with E-state index in [1.165, 1.54) is 10.5 Å². The molecule has 0 aliphatic heterocycles. The highest BCUT2D eigenvalue weighted by Crippen LogP contribution is 2.15. The Morgan fingerprint density at radius 1 is 1.75 bits per heavy atom. The third-order valence-electron chi connectivity index (χ3n) is 1.76. The number of rotatable bonds is 3. The zero-order chi connectivity index (χ0) is 8.97. The van der Waals surface area contributed by atoms with Gasteiger partial charge in [-0.1, -0.05) is 19.4 Å². The summed E-state index contributed by atoms with van der Waals surface area (Å²) in [6, 6.07) is 0. The van der Waals surface area contributed by atoms with Crippen LogP contribution >= 0.6 is 11.3 Å². The van der Waals surface area contributed by atoms with Gasteiger partial charge >= 0.3 is 0 Å². The van der Waals surface area contributed by atoms with Crippen LogP contribution in [-0.4, -0.2) is 11.5 Å². The molecule has 2 N–H and O–H groups in total. The van der Waals surface area contributed by atoms with Gasteiger partial charge in [0.25, 0.3) is 0 Å². The number of hydrogen-bond donors (Lipinski definition) is 1. The summed E-state index contributed by atoms with van der Waals surface area (Å²) in [5.41, 5.74) is 8.72. The highest BCUT2D eigenvalue weighted by molar-refractivity contribution is 7.10. The van der Waals surface area contributed by atoms with E-state index >= 15 is 0 Å². The molecule has 0 aromatic carbocycles. The van der Waals surface area contributed by atoms with Crippen LogP contribution in [0.3, 0.4) is 0 Å². The van der Waals surface area contributed by atoms with Crippen LogP contribution in [-0.2, 0) is 0 Å². The lowest BCUT2D eigenvalue weighted by Gasteiger charge is -2.06. The quantitative estimate of drug-likeness (QED) is 0.778. The maximum absolute atomic E-state index is 5.61. The highest BCUT2D eigenvalue weighted by atomic mass is 32.1. The first-order valence-electron chi connectivity index (χ1n) is 4.03. The van der Waals surface area contributed by atoms with Gasteiger partial charge < -0.3 is 5.73 Å². The van der Waals surface area contributed by atoms with Crippen LogP contribution in [0.15, 0.2) is 17.3 Å². The van der Waals surface area contributed by atoms with Crippen molar-refractivity contribution in [2.75, 3.05) is 6.54 Å². The second kappa shape index (κ2) is 4.38. The smallest absolute Gasteiger partial charge is 0.0797 e. The molecule has 0 bridgehead atoms. The average molecular weight is 182 g/mol. The fourth-order valence-electron chi connectivity index (χ4n) is 0.941. The van der Waals surface area contributed by atoms with Gasteiger partial charge in [0.15, 0.2) is 0 Å². The van der Waals surface area contributed by atoms with Crippen molar-refractivity contribution in [2.45, 2.75) is 13.8 Å². The number of nitrogens with two attached hydrogens (primary N) is 1. The van der Waals surface area contributed by atoms with Gasteiger partial charge in [0, 0.05) is 17.6 Å². The summed E-state index contributed by atoms with van der Waals surface area (Å²) in [5.74, 6) is 0.525. The second-order valence-electron chi connectivity index (χ2n) is 2.98. The molecule has 0 unspecified atom stereocenters. The third kappa shape index (κ3) is 2.43. The van der Waals surface area contributed by atoms with Gasteiger partial charge in [-0.3, -0.25) is 4.98 Å². The minimum Gasteiger partial charge on any atom is -0.327 e. The highest BCUT2D eigenvalue weighted by Gasteiger charge is 2.00. The third-order valence-corrected chi connectivity index (χ3v) is 2.48. The van der Waals surface area contributed by atoms with E-state index in [1.807, 2.05) is 11.7 Å². The fraction of sp³-hybridized carbons (Fsp3) is 0.444. The summed E-state index contributed by atoms with van der Waals surface area (Å²) in [6.07, 6.45) is 3.99. The van der Waals surface area contributed by atoms with Crippen LogP contribution in [0.2, 0.25) is 0 Å². The number of aromatic nitrogens is 1. The molecular weight excluding hydrogens is 168 g/mol. The minimum absolute atomic E-state index is 0.525. The second-order valence-corrected chi connectivity index (χ2v) is 3.90. The molecule has 12 heavy (non-hydrogen) atoms. The summed E-state index contributed by atoms with van der Waals surface area (Å²) in [5, 5.41) is 0. The van der Waals surface area contributed by atoms with Crippen LogP contribution in [0.4, 0.5) is 0 Å². The molecule has 0 amide bonds. The Hall–Kier alpha value is -0.670. The molecule has 2 nitrogen and oxygen atoms in total. The Labute approximate surface area is 77.1 Å².